The van der Waals surface area contributed by atoms with Crippen molar-refractivity contribution in [2.45, 2.75) is 53.0 Å². The molecular formula is C20H26ClN3O3. The molecule has 7 heteroatoms. The van der Waals surface area contributed by atoms with E-state index >= 15 is 0 Å². The van der Waals surface area contributed by atoms with E-state index < -0.39 is 0 Å². The second kappa shape index (κ2) is 10.1. The molecule has 2 rings (SSSR count). The van der Waals surface area contributed by atoms with Crippen LogP contribution in [0.4, 0.5) is 5.69 Å². The molecular weight excluding hydrogens is 366 g/mol. The predicted molar refractivity (Wildman–Crippen MR) is 106 cm³/mol. The third-order valence-electron chi connectivity index (χ3n) is 4.13. The molecule has 0 aliphatic rings. The van der Waals surface area contributed by atoms with E-state index in [0.29, 0.717) is 40.8 Å². The fraction of sp³-hybridized carbons (Fsp3) is 0.450. The van der Waals surface area contributed by atoms with Crippen LogP contribution in [0.25, 0.3) is 0 Å². The predicted octanol–water partition coefficient (Wildman–Crippen LogP) is 4.85. The van der Waals surface area contributed by atoms with E-state index in [0.717, 1.165) is 25.7 Å². The highest BCUT2D eigenvalue weighted by atomic mass is 35.5. The topological polar surface area (TPSA) is 73.2 Å². The highest BCUT2D eigenvalue weighted by Crippen LogP contribution is 2.22. The molecule has 0 aliphatic heterocycles. The first-order valence-corrected chi connectivity index (χ1v) is 9.67. The van der Waals surface area contributed by atoms with Crippen LogP contribution < -0.4 is 5.32 Å². The summed E-state index contributed by atoms with van der Waals surface area (Å²) in [4.78, 5) is 24.5. The van der Waals surface area contributed by atoms with Crippen molar-refractivity contribution in [1.29, 1.82) is 0 Å². The maximum Gasteiger partial charge on any atom is 0.338 e. The van der Waals surface area contributed by atoms with Gasteiger partial charge in [-0.2, -0.15) is 5.10 Å². The summed E-state index contributed by atoms with van der Waals surface area (Å²) in [6.07, 6.45) is 3.77. The number of aromatic nitrogens is 2. The largest absolute Gasteiger partial charge is 0.462 e. The summed E-state index contributed by atoms with van der Waals surface area (Å²) in [5.41, 5.74) is 1.98. The number of halogens is 1. The van der Waals surface area contributed by atoms with Crippen LogP contribution in [0, 0.1) is 6.92 Å². The van der Waals surface area contributed by atoms with Gasteiger partial charge in [-0.05, 0) is 44.0 Å². The van der Waals surface area contributed by atoms with Gasteiger partial charge in [-0.15, -0.1) is 0 Å². The van der Waals surface area contributed by atoms with Crippen LogP contribution in [0.2, 0.25) is 5.15 Å². The fourth-order valence-corrected chi connectivity index (χ4v) is 2.89. The number of esters is 1. The molecule has 1 heterocycles. The van der Waals surface area contributed by atoms with Gasteiger partial charge in [0.15, 0.2) is 0 Å². The second-order valence-corrected chi connectivity index (χ2v) is 6.71. The summed E-state index contributed by atoms with van der Waals surface area (Å²) in [5, 5.41) is 7.49. The van der Waals surface area contributed by atoms with E-state index in [1.165, 1.54) is 0 Å². The number of aryl methyl sites for hydroxylation is 2. The molecule has 0 fully saturated rings. The van der Waals surface area contributed by atoms with E-state index in [2.05, 4.69) is 17.3 Å². The van der Waals surface area contributed by atoms with Gasteiger partial charge in [0.25, 0.3) is 5.91 Å². The average Bonchev–Trinajstić information content (AvgIpc) is 2.94. The van der Waals surface area contributed by atoms with Crippen molar-refractivity contribution in [2.24, 2.45) is 0 Å². The van der Waals surface area contributed by atoms with Gasteiger partial charge >= 0.3 is 5.97 Å². The summed E-state index contributed by atoms with van der Waals surface area (Å²) >= 11 is 6.33. The van der Waals surface area contributed by atoms with Crippen molar-refractivity contribution in [3.05, 3.63) is 46.2 Å². The fourth-order valence-electron chi connectivity index (χ4n) is 2.54. The second-order valence-electron chi connectivity index (χ2n) is 6.35. The molecule has 1 N–H and O–H groups in total. The van der Waals surface area contributed by atoms with Crippen LogP contribution in [0.1, 0.15) is 65.9 Å². The van der Waals surface area contributed by atoms with E-state index in [1.54, 1.807) is 35.9 Å². The Morgan fingerprint density at radius 3 is 2.44 bits per heavy atom. The number of rotatable bonds is 9. The minimum Gasteiger partial charge on any atom is -0.462 e. The lowest BCUT2D eigenvalue weighted by Gasteiger charge is -2.07. The van der Waals surface area contributed by atoms with E-state index in [-0.39, 0.29) is 11.9 Å². The average molecular weight is 392 g/mol. The van der Waals surface area contributed by atoms with Gasteiger partial charge in [-0.1, -0.05) is 38.3 Å². The molecule has 6 nitrogen and oxygen atoms in total. The van der Waals surface area contributed by atoms with E-state index in [9.17, 15) is 9.59 Å². The number of carbonyl (C=O) groups is 2. The zero-order valence-corrected chi connectivity index (χ0v) is 16.8. The molecule has 0 bridgehead atoms. The SMILES string of the molecule is CCCCOC(=O)c1ccc(NC(=O)c2c(C)nn(CCCC)c2Cl)cc1. The zero-order chi connectivity index (χ0) is 19.8. The Labute approximate surface area is 164 Å². The highest BCUT2D eigenvalue weighted by Gasteiger charge is 2.20. The molecule has 1 amide bonds. The van der Waals surface area contributed by atoms with Crippen molar-refractivity contribution in [3.63, 3.8) is 0 Å². The van der Waals surface area contributed by atoms with Crippen LogP contribution in [-0.2, 0) is 11.3 Å². The number of anilines is 1. The maximum atomic E-state index is 12.6. The maximum absolute atomic E-state index is 12.6. The molecule has 27 heavy (non-hydrogen) atoms. The van der Waals surface area contributed by atoms with Gasteiger partial charge in [0.1, 0.15) is 5.15 Å². The molecule has 0 spiro atoms. The summed E-state index contributed by atoms with van der Waals surface area (Å²) in [6.45, 7) is 6.97. The minimum absolute atomic E-state index is 0.321. The molecule has 0 atom stereocenters. The first-order chi connectivity index (χ1) is 13.0. The van der Waals surface area contributed by atoms with Gasteiger partial charge in [0.05, 0.1) is 23.4 Å². The number of unbranched alkanes of at least 4 members (excludes halogenated alkanes) is 2. The Bertz CT molecular complexity index is 785. The number of nitrogens with one attached hydrogen (secondary N) is 1. The Balaban J connectivity index is 2.04. The van der Waals surface area contributed by atoms with Crippen molar-refractivity contribution in [1.82, 2.24) is 9.78 Å². The summed E-state index contributed by atoms with van der Waals surface area (Å²) in [6, 6.07) is 6.59. The van der Waals surface area contributed by atoms with Crippen molar-refractivity contribution >= 4 is 29.2 Å². The summed E-state index contributed by atoms with van der Waals surface area (Å²) in [7, 11) is 0. The third-order valence-corrected chi connectivity index (χ3v) is 4.51. The monoisotopic (exact) mass is 391 g/mol. The number of hydrogen-bond donors (Lipinski definition) is 1. The first kappa shape index (κ1) is 21.0. The lowest BCUT2D eigenvalue weighted by Crippen LogP contribution is -2.13. The zero-order valence-electron chi connectivity index (χ0n) is 16.0. The van der Waals surface area contributed by atoms with Crippen LogP contribution in [0.3, 0.4) is 0 Å². The van der Waals surface area contributed by atoms with Crippen LogP contribution >= 0.6 is 11.6 Å². The lowest BCUT2D eigenvalue weighted by molar-refractivity contribution is 0.0499. The Kier molecular flexibility index (Phi) is 7.85. The van der Waals surface area contributed by atoms with E-state index in [1.807, 2.05) is 6.92 Å². The van der Waals surface area contributed by atoms with Crippen molar-refractivity contribution < 1.29 is 14.3 Å². The van der Waals surface area contributed by atoms with Gasteiger partial charge in [-0.3, -0.25) is 9.48 Å². The normalized spacial score (nSPS) is 10.7. The quantitative estimate of drug-likeness (QED) is 0.489. The summed E-state index contributed by atoms with van der Waals surface area (Å²) < 4.78 is 6.83. The lowest BCUT2D eigenvalue weighted by atomic mass is 10.2. The number of nitrogens with zero attached hydrogens (tertiary/aromatic N) is 2. The molecule has 1 aromatic carbocycles. The van der Waals surface area contributed by atoms with Gasteiger partial charge in [0, 0.05) is 12.2 Å². The van der Waals surface area contributed by atoms with Crippen LogP contribution in [0.5, 0.6) is 0 Å². The van der Waals surface area contributed by atoms with Crippen molar-refractivity contribution in [3.8, 4) is 0 Å². The Morgan fingerprint density at radius 2 is 1.81 bits per heavy atom. The number of carbonyl (C=O) groups excluding carboxylic acids is 2. The van der Waals surface area contributed by atoms with Crippen molar-refractivity contribution in [2.75, 3.05) is 11.9 Å². The molecule has 146 valence electrons. The third kappa shape index (κ3) is 5.57. The molecule has 2 aromatic rings. The van der Waals surface area contributed by atoms with Gasteiger partial charge < -0.3 is 10.1 Å². The number of benzene rings is 1. The van der Waals surface area contributed by atoms with Crippen LogP contribution in [0.15, 0.2) is 24.3 Å². The Hall–Kier alpha value is -2.34. The number of amides is 1. The number of hydrogen-bond acceptors (Lipinski definition) is 4. The minimum atomic E-state index is -0.364. The molecule has 0 aliphatic carbocycles. The molecule has 0 saturated carbocycles. The first-order valence-electron chi connectivity index (χ1n) is 9.29. The molecule has 0 unspecified atom stereocenters. The Morgan fingerprint density at radius 1 is 1.15 bits per heavy atom. The van der Waals surface area contributed by atoms with E-state index in [4.69, 9.17) is 16.3 Å². The highest BCUT2D eigenvalue weighted by molar-refractivity contribution is 6.33. The molecule has 1 aromatic heterocycles. The van der Waals surface area contributed by atoms with Crippen LogP contribution in [-0.4, -0.2) is 28.3 Å². The number of ether oxygens (including phenoxy) is 1. The summed E-state index contributed by atoms with van der Waals surface area (Å²) in [5.74, 6) is -0.684. The molecule has 0 radical (unpaired) electrons. The van der Waals surface area contributed by atoms with Gasteiger partial charge in [-0.25, -0.2) is 4.79 Å². The standard InChI is InChI=1S/C20H26ClN3O3/c1-4-6-12-24-18(21)17(14(3)23-24)19(25)22-16-10-8-15(9-11-16)20(26)27-13-7-5-2/h8-11H,4-7,12-13H2,1-3H3,(H,22,25). The van der Waals surface area contributed by atoms with Gasteiger partial charge in [0.2, 0.25) is 0 Å². The molecule has 0 saturated heterocycles. The smallest absolute Gasteiger partial charge is 0.338 e.